The molecule has 9 heteroatoms. The molecule has 142 valence electrons. The van der Waals surface area contributed by atoms with Crippen LogP contribution in [0.4, 0.5) is 0 Å². The number of nitrogens with one attached hydrogen (secondary N) is 3. The van der Waals surface area contributed by atoms with Gasteiger partial charge in [-0.25, -0.2) is 9.78 Å². The summed E-state index contributed by atoms with van der Waals surface area (Å²) in [6.45, 7) is 8.11. The molecule has 1 atom stereocenters. The van der Waals surface area contributed by atoms with Gasteiger partial charge in [-0.2, -0.15) is 0 Å². The fourth-order valence-electron chi connectivity index (χ4n) is 2.64. The number of likely N-dealkylation sites (N-methyl/N-ethyl adjacent to an activating group) is 1. The van der Waals surface area contributed by atoms with Gasteiger partial charge >= 0.3 is 5.97 Å². The number of aromatic amines is 1. The van der Waals surface area contributed by atoms with Crippen molar-refractivity contribution in [2.24, 2.45) is 0 Å². The Kier molecular flexibility index (Phi) is 5.82. The second-order valence-corrected chi connectivity index (χ2v) is 8.35. The van der Waals surface area contributed by atoms with Crippen LogP contribution in [0.5, 0.6) is 0 Å². The van der Waals surface area contributed by atoms with E-state index in [-0.39, 0.29) is 23.6 Å². The molecule has 0 aliphatic heterocycles. The number of aryl methyl sites for hydroxylation is 1. The number of nitrogens with zero attached hydrogens (tertiary/aromatic N) is 1. The van der Waals surface area contributed by atoms with Crippen molar-refractivity contribution in [1.29, 1.82) is 0 Å². The van der Waals surface area contributed by atoms with Crippen molar-refractivity contribution in [3.05, 3.63) is 26.6 Å². The molecule has 2 aromatic rings. The maximum atomic E-state index is 12.4. The van der Waals surface area contributed by atoms with Crippen molar-refractivity contribution >= 4 is 33.4 Å². The highest BCUT2D eigenvalue weighted by Crippen LogP contribution is 2.27. The van der Waals surface area contributed by atoms with Crippen molar-refractivity contribution in [1.82, 2.24) is 15.3 Å². The maximum Gasteiger partial charge on any atom is 0.348 e. The Labute approximate surface area is 155 Å². The number of methoxy groups -OCH3 is 1. The fraction of sp³-hybridized carbons (Fsp3) is 0.529. The quantitative estimate of drug-likeness (QED) is 0.633. The number of thiophene rings is 1. The summed E-state index contributed by atoms with van der Waals surface area (Å²) in [5, 5.41) is 3.31. The largest absolute Gasteiger partial charge is 0.465 e. The number of hydrogen-bond donors (Lipinski definition) is 3. The number of hydrogen-bond acceptors (Lipinski definition) is 6. The predicted octanol–water partition coefficient (Wildman–Crippen LogP) is 0.00902. The number of ether oxygens (including phenoxy) is 1. The van der Waals surface area contributed by atoms with Gasteiger partial charge < -0.3 is 19.9 Å². The van der Waals surface area contributed by atoms with Crippen molar-refractivity contribution in [2.45, 2.75) is 39.8 Å². The Morgan fingerprint density at radius 2 is 2.00 bits per heavy atom. The van der Waals surface area contributed by atoms with Crippen LogP contribution in [0.1, 0.15) is 41.8 Å². The van der Waals surface area contributed by atoms with Gasteiger partial charge in [0.05, 0.1) is 19.5 Å². The minimum Gasteiger partial charge on any atom is -0.465 e. The number of aromatic nitrogens is 2. The molecule has 0 fully saturated rings. The number of carbonyl (C=O) groups excluding carboxylic acids is 2. The highest BCUT2D eigenvalue weighted by Gasteiger charge is 2.21. The zero-order valence-electron chi connectivity index (χ0n) is 15.9. The van der Waals surface area contributed by atoms with Gasteiger partial charge in [0.15, 0.2) is 12.4 Å². The van der Waals surface area contributed by atoms with E-state index in [1.54, 1.807) is 6.92 Å². The van der Waals surface area contributed by atoms with E-state index in [0.29, 0.717) is 33.0 Å². The lowest BCUT2D eigenvalue weighted by Crippen LogP contribution is -3.09. The second kappa shape index (κ2) is 7.55. The summed E-state index contributed by atoms with van der Waals surface area (Å²) < 4.78 is 4.75. The molecule has 2 rings (SSSR count). The van der Waals surface area contributed by atoms with Gasteiger partial charge in [-0.05, 0) is 33.3 Å². The first-order valence-electron chi connectivity index (χ1n) is 8.24. The lowest BCUT2D eigenvalue weighted by Gasteiger charge is -2.21. The van der Waals surface area contributed by atoms with Gasteiger partial charge in [0.1, 0.15) is 16.3 Å². The number of rotatable bonds is 5. The van der Waals surface area contributed by atoms with Crippen LogP contribution in [0, 0.1) is 6.92 Å². The molecule has 8 nitrogen and oxygen atoms in total. The summed E-state index contributed by atoms with van der Waals surface area (Å²) in [4.78, 5) is 45.2. The number of amides is 1. The molecule has 0 saturated carbocycles. The standard InChI is InChI=1S/C17H24N4O4S/c1-9-12-14(23)18-10(19-15(12)26-13(9)16(24)25-6)7-21(5)8-11(22)20-17(2,3)4/h7-8H2,1-6H3,(H,20,22)(H,18,19,23)/p+1. The van der Waals surface area contributed by atoms with Crippen LogP contribution in [-0.2, 0) is 16.1 Å². The predicted molar refractivity (Wildman–Crippen MR) is 99.7 cm³/mol. The number of fused-ring (bicyclic) bond motifs is 1. The first-order chi connectivity index (χ1) is 12.0. The van der Waals surface area contributed by atoms with Gasteiger partial charge in [-0.15, -0.1) is 11.3 Å². The molecule has 2 aromatic heterocycles. The molecule has 0 radical (unpaired) electrons. The second-order valence-electron chi connectivity index (χ2n) is 7.35. The lowest BCUT2D eigenvalue weighted by molar-refractivity contribution is -0.886. The summed E-state index contributed by atoms with van der Waals surface area (Å²) in [7, 11) is 3.15. The third-order valence-electron chi connectivity index (χ3n) is 3.67. The maximum absolute atomic E-state index is 12.4. The van der Waals surface area contributed by atoms with Gasteiger partial charge in [0.25, 0.3) is 11.5 Å². The number of esters is 1. The summed E-state index contributed by atoms with van der Waals surface area (Å²) in [6, 6.07) is 0. The molecule has 0 aromatic carbocycles. The van der Waals surface area contributed by atoms with E-state index in [1.165, 1.54) is 7.11 Å². The Morgan fingerprint density at radius 3 is 2.58 bits per heavy atom. The molecule has 0 spiro atoms. The number of carbonyl (C=O) groups is 2. The van der Waals surface area contributed by atoms with E-state index < -0.39 is 5.97 Å². The summed E-state index contributed by atoms with van der Waals surface area (Å²) in [5.74, 6) is -0.0763. The molecule has 0 aliphatic carbocycles. The van der Waals surface area contributed by atoms with Crippen LogP contribution in [-0.4, -0.2) is 48.1 Å². The third-order valence-corrected chi connectivity index (χ3v) is 4.83. The molecule has 0 bridgehead atoms. The van der Waals surface area contributed by atoms with Crippen LogP contribution < -0.4 is 15.8 Å². The summed E-state index contributed by atoms with van der Waals surface area (Å²) in [6.07, 6.45) is 0. The first kappa shape index (κ1) is 20.1. The molecular weight excluding hydrogens is 356 g/mol. The molecule has 2 heterocycles. The SMILES string of the molecule is COC(=O)c1sc2nc(C[NH+](C)CC(=O)NC(C)(C)C)[nH]c(=O)c2c1C. The van der Waals surface area contributed by atoms with Gasteiger partial charge in [0, 0.05) is 5.54 Å². The monoisotopic (exact) mass is 381 g/mol. The Bertz CT molecular complexity index is 895. The zero-order valence-corrected chi connectivity index (χ0v) is 16.7. The highest BCUT2D eigenvalue weighted by molar-refractivity contribution is 7.20. The van der Waals surface area contributed by atoms with Crippen LogP contribution in [0.15, 0.2) is 4.79 Å². The topological polar surface area (TPSA) is 106 Å². The Balaban J connectivity index is 2.22. The van der Waals surface area contributed by atoms with Gasteiger partial charge in [0.2, 0.25) is 0 Å². The Hall–Kier alpha value is -2.26. The molecule has 1 unspecified atom stereocenters. The third kappa shape index (κ3) is 4.67. The average Bonchev–Trinajstić information content (AvgIpc) is 2.81. The van der Waals surface area contributed by atoms with Gasteiger partial charge in [-0.1, -0.05) is 0 Å². The van der Waals surface area contributed by atoms with Crippen molar-refractivity contribution < 1.29 is 19.2 Å². The van der Waals surface area contributed by atoms with Crippen molar-refractivity contribution in [2.75, 3.05) is 20.7 Å². The summed E-state index contributed by atoms with van der Waals surface area (Å²) in [5.41, 5.74) is -0.00927. The minimum absolute atomic E-state index is 0.0710. The van der Waals surface area contributed by atoms with Crippen molar-refractivity contribution in [3.63, 3.8) is 0 Å². The fourth-order valence-corrected chi connectivity index (χ4v) is 3.76. The van der Waals surface area contributed by atoms with Crippen LogP contribution in [0.2, 0.25) is 0 Å². The van der Waals surface area contributed by atoms with Crippen LogP contribution in [0.3, 0.4) is 0 Å². The normalized spacial score (nSPS) is 12.8. The zero-order chi connectivity index (χ0) is 19.6. The average molecular weight is 381 g/mol. The van der Waals surface area contributed by atoms with E-state index in [2.05, 4.69) is 15.3 Å². The van der Waals surface area contributed by atoms with E-state index in [0.717, 1.165) is 16.2 Å². The smallest absolute Gasteiger partial charge is 0.348 e. The Morgan fingerprint density at radius 1 is 1.35 bits per heavy atom. The molecule has 1 amide bonds. The van der Waals surface area contributed by atoms with Crippen LogP contribution >= 0.6 is 11.3 Å². The lowest BCUT2D eigenvalue weighted by atomic mass is 10.1. The molecule has 0 aliphatic rings. The van der Waals surface area contributed by atoms with E-state index >= 15 is 0 Å². The highest BCUT2D eigenvalue weighted by atomic mass is 32.1. The molecule has 0 saturated heterocycles. The molecular formula is C17H25N4O4S+. The molecule has 3 N–H and O–H groups in total. The first-order valence-corrected chi connectivity index (χ1v) is 9.06. The van der Waals surface area contributed by atoms with E-state index in [9.17, 15) is 14.4 Å². The van der Waals surface area contributed by atoms with Crippen molar-refractivity contribution in [3.8, 4) is 0 Å². The number of H-pyrrole nitrogens is 1. The molecule has 26 heavy (non-hydrogen) atoms. The number of quaternary nitrogens is 1. The van der Waals surface area contributed by atoms with Crippen LogP contribution in [0.25, 0.3) is 10.2 Å². The minimum atomic E-state index is -0.479. The van der Waals surface area contributed by atoms with E-state index in [1.807, 2.05) is 27.8 Å². The van der Waals surface area contributed by atoms with E-state index in [4.69, 9.17) is 4.74 Å². The summed E-state index contributed by atoms with van der Waals surface area (Å²) >= 11 is 1.14. The van der Waals surface area contributed by atoms with Gasteiger partial charge in [-0.3, -0.25) is 9.59 Å².